The molecule has 0 aromatic heterocycles. The predicted molar refractivity (Wildman–Crippen MR) is 56.1 cm³/mol. The molecule has 86 valence electrons. The van der Waals surface area contributed by atoms with E-state index in [1.165, 1.54) is 24.3 Å². The first-order chi connectivity index (χ1) is 7.63. The normalized spacial score (nSPS) is 9.38. The van der Waals surface area contributed by atoms with Gasteiger partial charge in [0.25, 0.3) is 5.91 Å². The Morgan fingerprint density at radius 3 is 2.38 bits per heavy atom. The molecular weight excluding hydrogens is 213 g/mol. The smallest absolute Gasteiger partial charge is 0.333 e. The quantitative estimate of drug-likeness (QED) is 0.651. The van der Waals surface area contributed by atoms with Gasteiger partial charge in [0, 0.05) is 12.1 Å². The second-order valence-electron chi connectivity index (χ2n) is 2.95. The predicted octanol–water partition coefficient (Wildman–Crippen LogP) is 0.790. The Kier molecular flexibility index (Phi) is 4.26. The topological polar surface area (TPSA) is 70.2 Å². The molecular formula is C10H12FN3O2. The van der Waals surface area contributed by atoms with Gasteiger partial charge in [-0.15, -0.1) is 0 Å². The third-order valence-corrected chi connectivity index (χ3v) is 1.73. The van der Waals surface area contributed by atoms with E-state index in [9.17, 15) is 14.0 Å². The van der Waals surface area contributed by atoms with Crippen LogP contribution in [0.5, 0.6) is 0 Å². The summed E-state index contributed by atoms with van der Waals surface area (Å²) in [5.41, 5.74) is 4.59. The SMILES string of the molecule is CCNC(=O)NNC(=O)c1ccc(F)cc1. The van der Waals surface area contributed by atoms with E-state index in [-0.39, 0.29) is 5.56 Å². The van der Waals surface area contributed by atoms with Crippen molar-refractivity contribution < 1.29 is 14.0 Å². The Bertz CT molecular complexity index is 378. The van der Waals surface area contributed by atoms with Crippen molar-refractivity contribution in [1.29, 1.82) is 0 Å². The molecule has 0 saturated carbocycles. The minimum absolute atomic E-state index is 0.262. The fraction of sp³-hybridized carbons (Fsp3) is 0.200. The van der Waals surface area contributed by atoms with E-state index in [0.717, 1.165) is 0 Å². The lowest BCUT2D eigenvalue weighted by Crippen LogP contribution is -2.46. The van der Waals surface area contributed by atoms with Gasteiger partial charge in [-0.3, -0.25) is 10.2 Å². The molecule has 0 spiro atoms. The van der Waals surface area contributed by atoms with Gasteiger partial charge in [0.2, 0.25) is 0 Å². The van der Waals surface area contributed by atoms with Crippen molar-refractivity contribution in [2.45, 2.75) is 6.92 Å². The summed E-state index contributed by atoms with van der Waals surface area (Å²) in [4.78, 5) is 22.3. The lowest BCUT2D eigenvalue weighted by molar-refractivity contribution is 0.0936. The summed E-state index contributed by atoms with van der Waals surface area (Å²) in [7, 11) is 0. The van der Waals surface area contributed by atoms with Crippen LogP contribution >= 0.6 is 0 Å². The van der Waals surface area contributed by atoms with Crippen molar-refractivity contribution in [3.63, 3.8) is 0 Å². The van der Waals surface area contributed by atoms with Crippen LogP contribution in [0.4, 0.5) is 9.18 Å². The molecule has 0 aliphatic heterocycles. The average Bonchev–Trinajstić information content (AvgIpc) is 2.27. The average molecular weight is 225 g/mol. The van der Waals surface area contributed by atoms with Crippen LogP contribution in [0.25, 0.3) is 0 Å². The van der Waals surface area contributed by atoms with Crippen molar-refractivity contribution in [3.8, 4) is 0 Å². The van der Waals surface area contributed by atoms with Gasteiger partial charge in [0.15, 0.2) is 0 Å². The van der Waals surface area contributed by atoms with E-state index in [1.54, 1.807) is 6.92 Å². The van der Waals surface area contributed by atoms with Crippen molar-refractivity contribution in [2.24, 2.45) is 0 Å². The van der Waals surface area contributed by atoms with E-state index < -0.39 is 17.8 Å². The van der Waals surface area contributed by atoms with Gasteiger partial charge in [-0.05, 0) is 31.2 Å². The number of hydrogen-bond donors (Lipinski definition) is 3. The van der Waals surface area contributed by atoms with E-state index in [4.69, 9.17) is 0 Å². The largest absolute Gasteiger partial charge is 0.337 e. The van der Waals surface area contributed by atoms with Crippen molar-refractivity contribution >= 4 is 11.9 Å². The highest BCUT2D eigenvalue weighted by molar-refractivity contribution is 5.95. The van der Waals surface area contributed by atoms with E-state index in [0.29, 0.717) is 6.54 Å². The lowest BCUT2D eigenvalue weighted by atomic mass is 10.2. The molecule has 0 fully saturated rings. The second kappa shape index (κ2) is 5.69. The van der Waals surface area contributed by atoms with Crippen molar-refractivity contribution in [3.05, 3.63) is 35.6 Å². The zero-order valence-corrected chi connectivity index (χ0v) is 8.71. The Morgan fingerprint density at radius 1 is 1.19 bits per heavy atom. The van der Waals surface area contributed by atoms with Gasteiger partial charge in [-0.2, -0.15) is 0 Å². The molecule has 0 atom stereocenters. The number of nitrogens with one attached hydrogen (secondary N) is 3. The molecule has 1 rings (SSSR count). The summed E-state index contributed by atoms with van der Waals surface area (Å²) in [6.45, 7) is 2.21. The number of rotatable bonds is 2. The molecule has 5 nitrogen and oxygen atoms in total. The van der Waals surface area contributed by atoms with E-state index in [2.05, 4.69) is 16.2 Å². The summed E-state index contributed by atoms with van der Waals surface area (Å²) < 4.78 is 12.6. The summed E-state index contributed by atoms with van der Waals surface area (Å²) in [5, 5.41) is 2.44. The summed E-state index contributed by atoms with van der Waals surface area (Å²) in [6, 6.07) is 4.48. The molecule has 1 aromatic rings. The molecule has 0 heterocycles. The number of hydrazine groups is 1. The Morgan fingerprint density at radius 2 is 1.81 bits per heavy atom. The number of carbonyl (C=O) groups excluding carboxylic acids is 2. The lowest BCUT2D eigenvalue weighted by Gasteiger charge is -2.07. The third kappa shape index (κ3) is 3.56. The zero-order chi connectivity index (χ0) is 12.0. The molecule has 0 unspecified atom stereocenters. The van der Waals surface area contributed by atoms with Crippen molar-refractivity contribution in [2.75, 3.05) is 6.54 Å². The molecule has 3 N–H and O–H groups in total. The van der Waals surface area contributed by atoms with Crippen LogP contribution in [0.3, 0.4) is 0 Å². The number of halogens is 1. The first kappa shape index (κ1) is 12.0. The Labute approximate surface area is 92.0 Å². The molecule has 0 bridgehead atoms. The maximum Gasteiger partial charge on any atom is 0.333 e. The molecule has 6 heteroatoms. The number of amides is 3. The third-order valence-electron chi connectivity index (χ3n) is 1.73. The standard InChI is InChI=1S/C10H12FN3O2/c1-2-12-10(16)14-13-9(15)7-3-5-8(11)6-4-7/h3-6H,2H2,1H3,(H,13,15)(H2,12,14,16). The van der Waals surface area contributed by atoms with Gasteiger partial charge in [0.1, 0.15) is 5.82 Å². The first-order valence-corrected chi connectivity index (χ1v) is 4.73. The van der Waals surface area contributed by atoms with Crippen molar-refractivity contribution in [1.82, 2.24) is 16.2 Å². The number of benzene rings is 1. The molecule has 0 aliphatic carbocycles. The highest BCUT2D eigenvalue weighted by atomic mass is 19.1. The molecule has 0 saturated heterocycles. The maximum atomic E-state index is 12.6. The van der Waals surface area contributed by atoms with Crippen LogP contribution in [0, 0.1) is 5.82 Å². The molecule has 16 heavy (non-hydrogen) atoms. The van der Waals surface area contributed by atoms with Crippen LogP contribution in [0.15, 0.2) is 24.3 Å². The van der Waals surface area contributed by atoms with Gasteiger partial charge in [0.05, 0.1) is 0 Å². The minimum Gasteiger partial charge on any atom is -0.337 e. The maximum absolute atomic E-state index is 12.6. The molecule has 3 amide bonds. The van der Waals surface area contributed by atoms with Gasteiger partial charge >= 0.3 is 6.03 Å². The molecule has 0 radical (unpaired) electrons. The molecule has 0 aliphatic rings. The van der Waals surface area contributed by atoms with Crippen LogP contribution in [0.1, 0.15) is 17.3 Å². The zero-order valence-electron chi connectivity index (χ0n) is 8.71. The number of urea groups is 1. The highest BCUT2D eigenvalue weighted by Gasteiger charge is 2.06. The van der Waals surface area contributed by atoms with Crippen LogP contribution in [-0.4, -0.2) is 18.5 Å². The second-order valence-corrected chi connectivity index (χ2v) is 2.95. The fourth-order valence-electron chi connectivity index (χ4n) is 0.992. The number of hydrogen-bond acceptors (Lipinski definition) is 2. The fourth-order valence-corrected chi connectivity index (χ4v) is 0.992. The molecule has 1 aromatic carbocycles. The van der Waals surface area contributed by atoms with Crippen LogP contribution < -0.4 is 16.2 Å². The van der Waals surface area contributed by atoms with Crippen LogP contribution in [0.2, 0.25) is 0 Å². The van der Waals surface area contributed by atoms with Crippen LogP contribution in [-0.2, 0) is 0 Å². The van der Waals surface area contributed by atoms with Gasteiger partial charge in [-0.1, -0.05) is 0 Å². The highest BCUT2D eigenvalue weighted by Crippen LogP contribution is 2.01. The van der Waals surface area contributed by atoms with Gasteiger partial charge < -0.3 is 5.32 Å². The summed E-state index contributed by atoms with van der Waals surface area (Å²) >= 11 is 0. The number of carbonyl (C=O) groups is 2. The van der Waals surface area contributed by atoms with Gasteiger partial charge in [-0.25, -0.2) is 14.6 Å². The first-order valence-electron chi connectivity index (χ1n) is 4.73. The summed E-state index contributed by atoms with van der Waals surface area (Å²) in [5.74, 6) is -0.931. The van der Waals surface area contributed by atoms with E-state index in [1.807, 2.05) is 0 Å². The van der Waals surface area contributed by atoms with E-state index >= 15 is 0 Å². The minimum atomic E-state index is -0.508. The summed E-state index contributed by atoms with van der Waals surface area (Å²) in [6.07, 6.45) is 0. The Hall–Kier alpha value is -2.11. The monoisotopic (exact) mass is 225 g/mol. The Balaban J connectivity index is 2.47.